The molecule has 2 aromatic heterocycles. The van der Waals surface area contributed by atoms with Crippen molar-refractivity contribution < 1.29 is 27.4 Å². The highest BCUT2D eigenvalue weighted by atomic mass is 19.4. The van der Waals surface area contributed by atoms with Crippen molar-refractivity contribution in [2.45, 2.75) is 95.6 Å². The van der Waals surface area contributed by atoms with Crippen LogP contribution in [0.3, 0.4) is 0 Å². The third-order valence-electron chi connectivity index (χ3n) is 15.5. The number of anilines is 1. The Balaban J connectivity index is 0.776. The lowest BCUT2D eigenvalue weighted by Crippen LogP contribution is -2.49. The molecule has 4 fully saturated rings. The Morgan fingerprint density at radius 2 is 1.66 bits per heavy atom. The molecule has 4 aromatic rings. The number of nitrogens with zero attached hydrogens (tertiary/aromatic N) is 8. The zero-order valence-corrected chi connectivity index (χ0v) is 41.6. The van der Waals surface area contributed by atoms with Crippen LogP contribution in [0, 0.1) is 16.7 Å². The molecule has 380 valence electrons. The van der Waals surface area contributed by atoms with Gasteiger partial charge in [-0.25, -0.2) is 4.79 Å². The molecule has 0 aliphatic carbocycles. The highest BCUT2D eigenvalue weighted by Crippen LogP contribution is 2.38. The molecule has 8 rings (SSSR count). The second kappa shape index (κ2) is 22.7. The van der Waals surface area contributed by atoms with Gasteiger partial charge in [0.05, 0.1) is 49.0 Å². The van der Waals surface area contributed by atoms with Crippen molar-refractivity contribution in [1.82, 2.24) is 33.5 Å². The van der Waals surface area contributed by atoms with Crippen LogP contribution >= 0.6 is 0 Å². The van der Waals surface area contributed by atoms with Gasteiger partial charge in [0.2, 0.25) is 0 Å². The average molecular weight is 971 g/mol. The summed E-state index contributed by atoms with van der Waals surface area (Å²) in [6.07, 6.45) is 6.79. The average Bonchev–Trinajstić information content (AvgIpc) is 3.68. The second-order valence-corrected chi connectivity index (χ2v) is 20.5. The number of aldehydes is 1. The van der Waals surface area contributed by atoms with Crippen molar-refractivity contribution in [2.24, 2.45) is 5.92 Å². The number of imidazole rings is 1. The summed E-state index contributed by atoms with van der Waals surface area (Å²) in [5.74, 6) is 0.915. The van der Waals surface area contributed by atoms with Gasteiger partial charge in [-0.1, -0.05) is 25.5 Å². The van der Waals surface area contributed by atoms with Crippen molar-refractivity contribution in [3.8, 4) is 5.69 Å². The van der Waals surface area contributed by atoms with Gasteiger partial charge in [0, 0.05) is 127 Å². The van der Waals surface area contributed by atoms with Gasteiger partial charge in [-0.15, -0.1) is 0 Å². The van der Waals surface area contributed by atoms with Gasteiger partial charge >= 0.3 is 11.9 Å². The number of fused-ring (bicyclic) bond motifs is 1. The van der Waals surface area contributed by atoms with E-state index in [1.165, 1.54) is 46.5 Å². The lowest BCUT2D eigenvalue weighted by atomic mass is 9.75. The molecule has 4 aliphatic rings. The number of amidine groups is 1. The quantitative estimate of drug-likeness (QED) is 0.0532. The molecule has 14 nitrogen and oxygen atoms in total. The van der Waals surface area contributed by atoms with E-state index in [1.807, 2.05) is 12.1 Å². The maximum absolute atomic E-state index is 14.6. The van der Waals surface area contributed by atoms with Crippen molar-refractivity contribution in [1.29, 1.82) is 10.8 Å². The normalized spacial score (nSPS) is 19.4. The van der Waals surface area contributed by atoms with E-state index in [0.717, 1.165) is 118 Å². The number of hydrogen-bond donors (Lipinski definition) is 2. The number of halogens is 3. The van der Waals surface area contributed by atoms with Crippen LogP contribution in [0.5, 0.6) is 0 Å². The number of piperazine rings is 1. The number of ether oxygens (including phenoxy) is 2. The predicted molar refractivity (Wildman–Crippen MR) is 269 cm³/mol. The van der Waals surface area contributed by atoms with E-state index in [-0.39, 0.29) is 24.0 Å². The van der Waals surface area contributed by atoms with E-state index in [0.29, 0.717) is 62.5 Å². The minimum Gasteiger partial charge on any atom is -0.379 e. The number of likely N-dealkylation sites (tertiary alicyclic amines) is 1. The van der Waals surface area contributed by atoms with E-state index in [2.05, 4.69) is 57.5 Å². The molecule has 17 heteroatoms. The van der Waals surface area contributed by atoms with E-state index < -0.39 is 22.8 Å². The molecule has 0 saturated carbocycles. The zero-order valence-electron chi connectivity index (χ0n) is 41.6. The van der Waals surface area contributed by atoms with Gasteiger partial charge in [0.25, 0.3) is 0 Å². The summed E-state index contributed by atoms with van der Waals surface area (Å²) in [6.45, 7) is 16.5. The summed E-state index contributed by atoms with van der Waals surface area (Å²) >= 11 is 0. The standard InChI is InChI=1S/C53H73F3N10O4/c1-5-7-39(2)59(3)33-43-27-45(11-10-42(43)35-67)64-18-12-40(13-19-64)30-63-22-20-61(21-23-63)24-25-70-47-14-16-62(17-15-47)31-41-26-48(53(54,55)56)49-34-65(51(68)66(49)32-41)46-9-6-8-44(28-46)52(36-69-37-52)29-50(58)60(4)38-57/h6,8-11,26-28,32,34-35,38-40,47,57-58H,5,7,12-25,29-31,33,36-37H2,1-4H3. The summed E-state index contributed by atoms with van der Waals surface area (Å²) < 4.78 is 58.2. The number of aromatic nitrogens is 2. The highest BCUT2D eigenvalue weighted by Gasteiger charge is 2.42. The van der Waals surface area contributed by atoms with Crippen LogP contribution in [0.4, 0.5) is 18.9 Å². The van der Waals surface area contributed by atoms with Gasteiger partial charge in [-0.3, -0.25) is 39.3 Å². The first-order chi connectivity index (χ1) is 33.7. The molecule has 1 atom stereocenters. The molecular weight excluding hydrogens is 898 g/mol. The monoisotopic (exact) mass is 971 g/mol. The summed E-state index contributed by atoms with van der Waals surface area (Å²) in [4.78, 5) is 39.3. The zero-order chi connectivity index (χ0) is 49.6. The fraction of sp³-hybridized carbons (Fsp3) is 0.585. The maximum Gasteiger partial charge on any atom is 0.418 e. The number of nitrogens with one attached hydrogen (secondary N) is 2. The second-order valence-electron chi connectivity index (χ2n) is 20.5. The third-order valence-corrected chi connectivity index (χ3v) is 15.5. The van der Waals surface area contributed by atoms with Crippen LogP contribution in [0.15, 0.2) is 65.7 Å². The number of rotatable bonds is 20. The lowest BCUT2D eigenvalue weighted by Gasteiger charge is -2.42. The SMILES string of the molecule is CCCC(C)N(C)Cc1cc(N2CCC(CN3CCN(CCOC4CCN(Cc5cc(C(F)(F)F)c6cn(-c7cccc(C8(CC(=N)N(C)C=N)COC8)c7)c(=O)n6c5)CC4)CC3)CC2)ccc1C=O. The summed E-state index contributed by atoms with van der Waals surface area (Å²) in [6, 6.07) is 15.1. The topological polar surface area (TPSA) is 129 Å². The van der Waals surface area contributed by atoms with Gasteiger partial charge in [0.15, 0.2) is 0 Å². The number of pyridine rings is 1. The highest BCUT2D eigenvalue weighted by molar-refractivity contribution is 5.89. The number of carbonyl (C=O) groups excluding carboxylic acids is 1. The molecule has 0 amide bonds. The maximum atomic E-state index is 14.6. The van der Waals surface area contributed by atoms with Crippen LogP contribution < -0.4 is 10.6 Å². The Labute approximate surface area is 410 Å². The molecule has 6 heterocycles. The van der Waals surface area contributed by atoms with Crippen molar-refractivity contribution in [3.63, 3.8) is 0 Å². The third kappa shape index (κ3) is 12.0. The van der Waals surface area contributed by atoms with E-state index in [1.54, 1.807) is 25.2 Å². The van der Waals surface area contributed by atoms with Crippen LogP contribution in [-0.4, -0.2) is 163 Å². The van der Waals surface area contributed by atoms with E-state index >= 15 is 0 Å². The Hall–Kier alpha value is -4.91. The number of carbonyl (C=O) groups is 1. The van der Waals surface area contributed by atoms with Crippen LogP contribution in [-0.2, 0) is 34.2 Å². The molecule has 70 heavy (non-hydrogen) atoms. The van der Waals surface area contributed by atoms with Crippen LogP contribution in [0.1, 0.15) is 91.4 Å². The Bertz CT molecular complexity index is 2480. The van der Waals surface area contributed by atoms with Crippen molar-refractivity contribution in [2.75, 3.05) is 104 Å². The first kappa shape index (κ1) is 51.4. The number of benzene rings is 2. The van der Waals surface area contributed by atoms with E-state index in [9.17, 15) is 22.8 Å². The van der Waals surface area contributed by atoms with Crippen molar-refractivity contribution >= 4 is 29.7 Å². The minimum absolute atomic E-state index is 0.0996. The minimum atomic E-state index is -4.68. The summed E-state index contributed by atoms with van der Waals surface area (Å²) in [7, 11) is 3.78. The van der Waals surface area contributed by atoms with Gasteiger partial charge in [0.1, 0.15) is 12.1 Å². The molecule has 1 unspecified atom stereocenters. The molecule has 2 aromatic carbocycles. The Morgan fingerprint density at radius 3 is 2.31 bits per heavy atom. The number of alkyl halides is 3. The molecule has 0 bridgehead atoms. The van der Waals surface area contributed by atoms with Gasteiger partial charge < -0.3 is 24.2 Å². The van der Waals surface area contributed by atoms with Crippen LogP contribution in [0.25, 0.3) is 11.2 Å². The summed E-state index contributed by atoms with van der Waals surface area (Å²) in [5, 5.41) is 16.0. The molecule has 0 spiro atoms. The molecule has 4 saturated heterocycles. The number of piperidine rings is 2. The molecule has 4 aliphatic heterocycles. The van der Waals surface area contributed by atoms with E-state index in [4.69, 9.17) is 20.3 Å². The molecule has 2 N–H and O–H groups in total. The van der Waals surface area contributed by atoms with Gasteiger partial charge in [-0.2, -0.15) is 13.2 Å². The first-order valence-electron chi connectivity index (χ1n) is 25.3. The Kier molecular flexibility index (Phi) is 16.7. The summed E-state index contributed by atoms with van der Waals surface area (Å²) in [5.41, 5.74) is 2.58. The fourth-order valence-corrected chi connectivity index (χ4v) is 10.9. The first-order valence-corrected chi connectivity index (χ1v) is 25.3. The van der Waals surface area contributed by atoms with Crippen molar-refractivity contribution in [3.05, 3.63) is 99.2 Å². The van der Waals surface area contributed by atoms with Gasteiger partial charge in [-0.05, 0) is 105 Å². The largest absolute Gasteiger partial charge is 0.418 e. The Morgan fingerprint density at radius 1 is 0.929 bits per heavy atom. The number of hydrogen-bond acceptors (Lipinski definition) is 11. The molecule has 0 radical (unpaired) electrons. The molecular formula is C53H73F3N10O4. The predicted octanol–water partition coefficient (Wildman–Crippen LogP) is 7.23. The smallest absolute Gasteiger partial charge is 0.379 e. The fourth-order valence-electron chi connectivity index (χ4n) is 10.9. The van der Waals surface area contributed by atoms with Crippen LogP contribution in [0.2, 0.25) is 0 Å². The lowest BCUT2D eigenvalue weighted by molar-refractivity contribution is -0.136.